The van der Waals surface area contributed by atoms with Crippen molar-refractivity contribution in [3.8, 4) is 34.5 Å². The van der Waals surface area contributed by atoms with Gasteiger partial charge in [-0.25, -0.2) is 29.9 Å². The van der Waals surface area contributed by atoms with Crippen molar-refractivity contribution in [1.82, 2.24) is 89.7 Å². The molecule has 0 aliphatic carbocycles. The van der Waals surface area contributed by atoms with Gasteiger partial charge in [0.15, 0.2) is 70.6 Å². The lowest BCUT2D eigenvalue weighted by molar-refractivity contribution is -0.154. The highest BCUT2D eigenvalue weighted by Gasteiger charge is 2.35. The summed E-state index contributed by atoms with van der Waals surface area (Å²) in [5.74, 6) is -3.35. The van der Waals surface area contributed by atoms with Gasteiger partial charge in [0.05, 0.1) is 232 Å². The fourth-order valence-corrected chi connectivity index (χ4v) is 17.5. The maximum atomic E-state index is 13.1. The van der Waals surface area contributed by atoms with E-state index in [1.54, 1.807) is 48.5 Å². The standard InChI is InChI=1S/6C16H14F3N3O2S/c6*1-10-13(20-7-6-14(10)24-9-16(17,18)19)8-25(23)15-21-11-4-2-3-5-12(11)22-15/h6*2-7H,8-9H2,1H3,(H,21,22)/i2D,3D,4D,5D,6D,7D,8D2;2D,3D,4D,5D,6D,7D;2D,3D,4D,5D,8D2;2D,3D,4D,5D;6D,7D,8D2;6D,7D. The molecule has 0 aliphatic heterocycles. The Hall–Kier alpha value is -14.5. The third-order valence-corrected chi connectivity index (χ3v) is 25.0. The van der Waals surface area contributed by atoms with E-state index < -0.39 is 342 Å². The SMILES string of the molecule is [2H]c1c([2H])c([2H])c2[nH]c(S(=O)C([2H])([2H])c3nccc(OCC(F)(F)F)c3C)nc2c1[2H].[2H]c1c([2H])c([2H])c2[nH]c(S(=O)Cc3nccc(OCC(F)(F)F)c3C)nc2c1[2H].[2H]c1nc(C([2H])([2H])S(=O)c2nc3c([2H])c([2H])c([2H])c([2H])c3[nH]2)c(C)c(OCC(F)(F)F)c1[2H].[2H]c1nc(C([2H])([2H])S(=O)c2nc3ccccc3[nH]2)c(C)c(OCC(F)(F)F)c1[2H].[2H]c1nc(CS(=O)c2nc3c([2H])c([2H])c([2H])c([2H])c3[nH]2)c(C)c(OCC(F)(F)F)c1[2H].[2H]c1nc(CS(=O)c2nc3ccccc3[nH]2)c(C)c(OCC(F)(F)F)c1[2H]. The first-order valence-electron chi connectivity index (χ1n) is 56.3. The Balaban J connectivity index is 0.000000176. The Kier molecular flexibility index (Phi) is 25.8. The van der Waals surface area contributed by atoms with E-state index in [2.05, 4.69) is 109 Å². The van der Waals surface area contributed by atoms with Crippen molar-refractivity contribution in [1.29, 1.82) is 0 Å². The number of nitrogens with zero attached hydrogens (tertiary/aromatic N) is 12. The first kappa shape index (κ1) is 77.8. The molecule has 792 valence electrons. The number of halogens is 18. The Morgan fingerprint density at radius 3 is 0.740 bits per heavy atom. The van der Waals surface area contributed by atoms with Gasteiger partial charge in [0, 0.05) is 78.7 Å². The lowest BCUT2D eigenvalue weighted by atomic mass is 10.2. The lowest BCUT2D eigenvalue weighted by Crippen LogP contribution is -2.20. The summed E-state index contributed by atoms with van der Waals surface area (Å²) >= 11 is 0. The molecule has 6 aromatic carbocycles. The van der Waals surface area contributed by atoms with Crippen molar-refractivity contribution in [2.75, 3.05) is 39.6 Å². The van der Waals surface area contributed by atoms with Crippen LogP contribution in [0.1, 0.15) is 109 Å². The third kappa shape index (κ3) is 32.7. The van der Waals surface area contributed by atoms with Gasteiger partial charge >= 0.3 is 37.1 Å². The predicted molar refractivity (Wildman–Crippen MR) is 520 cm³/mol. The molecule has 30 nitrogen and oxygen atoms in total. The smallest absolute Gasteiger partial charge is 0.422 e. The molecular formula is C96H84F18N18O12S6. The van der Waals surface area contributed by atoms with E-state index in [9.17, 15) is 104 Å². The van der Waals surface area contributed by atoms with Crippen LogP contribution in [0.5, 0.6) is 34.5 Å². The summed E-state index contributed by atoms with van der Waals surface area (Å²) in [5.41, 5.74) is -8.89. The van der Waals surface area contributed by atoms with Crippen LogP contribution in [-0.2, 0) is 99.2 Å². The number of aromatic amines is 6. The average Bonchev–Trinajstić information content (AvgIpc) is 1.57. The van der Waals surface area contributed by atoms with E-state index in [0.717, 1.165) is 19.2 Å². The summed E-state index contributed by atoms with van der Waals surface area (Å²) in [6, 6.07) is 5.71. The average molecular weight is 2250 g/mol. The summed E-state index contributed by atoms with van der Waals surface area (Å²) in [7, 11) is -13.3. The number of H-pyrrole nitrogens is 6. The number of nitrogens with one attached hydrogen (secondary N) is 6. The zero-order valence-corrected chi connectivity index (χ0v) is 81.2. The summed E-state index contributed by atoms with van der Waals surface area (Å²) in [4.78, 5) is 62.5. The zero-order chi connectivity index (χ0) is 134. The van der Waals surface area contributed by atoms with Gasteiger partial charge in [-0.2, -0.15) is 79.0 Å². The predicted octanol–water partition coefficient (Wildman–Crippen LogP) is 21.1. The highest BCUT2D eigenvalue weighted by molar-refractivity contribution is 7.85. The van der Waals surface area contributed by atoms with Gasteiger partial charge in [0.1, 0.15) is 34.5 Å². The molecule has 54 heteroatoms. The number of ether oxygens (including phenoxy) is 6. The number of imidazole rings is 6. The first-order valence-corrected chi connectivity index (χ1v) is 48.7. The molecule has 12 heterocycles. The van der Waals surface area contributed by atoms with Crippen molar-refractivity contribution in [3.63, 3.8) is 0 Å². The minimum absolute atomic E-state index is 0.0129. The molecule has 150 heavy (non-hydrogen) atoms. The van der Waals surface area contributed by atoms with Crippen LogP contribution in [0.15, 0.2) is 250 Å². The van der Waals surface area contributed by atoms with Gasteiger partial charge in [-0.15, -0.1) is 0 Å². The number of alkyl halides is 18. The van der Waals surface area contributed by atoms with E-state index in [-0.39, 0.29) is 150 Å². The molecule has 0 amide bonds. The number of rotatable bonds is 30. The van der Waals surface area contributed by atoms with Gasteiger partial charge in [-0.05, 0) is 150 Å². The topological polar surface area (TPSA) is 407 Å². The summed E-state index contributed by atoms with van der Waals surface area (Å²) in [6.45, 7) is -2.05. The normalized spacial score (nSPS) is 16.2. The maximum absolute atomic E-state index is 13.1. The Morgan fingerprint density at radius 2 is 0.460 bits per heavy atom. The molecule has 18 rings (SSSR count). The molecule has 6 unspecified atom stereocenters. The summed E-state index contributed by atoms with van der Waals surface area (Å²) in [6.07, 6.45) is -28.4. The monoisotopic (exact) mass is 2240 g/mol. The molecule has 6 N–H and O–H groups in total. The van der Waals surface area contributed by atoms with Crippen LogP contribution in [0.2, 0.25) is 0 Å². The number of hydrogen-bond donors (Lipinski definition) is 6. The molecule has 18 aromatic rings. The minimum Gasteiger partial charge on any atom is -0.484 e. The van der Waals surface area contributed by atoms with E-state index in [1.807, 2.05) is 0 Å². The highest BCUT2D eigenvalue weighted by Crippen LogP contribution is 2.35. The van der Waals surface area contributed by atoms with Crippen LogP contribution in [0.3, 0.4) is 0 Å². The number of fused-ring (bicyclic) bond motifs is 6. The van der Waals surface area contributed by atoms with Crippen LogP contribution in [-0.4, -0.2) is 192 Å². The third-order valence-electron chi connectivity index (χ3n) is 18.8. The van der Waals surface area contributed by atoms with Crippen LogP contribution in [0.25, 0.3) is 66.2 Å². The second-order valence-electron chi connectivity index (χ2n) is 29.7. The second-order valence-corrected chi connectivity index (χ2v) is 37.1. The van der Waals surface area contributed by atoms with E-state index in [1.165, 1.54) is 46.9 Å². The van der Waals surface area contributed by atoms with Crippen LogP contribution in [0.4, 0.5) is 79.0 Å². The van der Waals surface area contributed by atoms with E-state index in [4.69, 9.17) is 50.6 Å². The van der Waals surface area contributed by atoms with Gasteiger partial charge in [0.2, 0.25) is 0 Å². The zero-order valence-electron chi connectivity index (χ0n) is 106. The lowest BCUT2D eigenvalue weighted by Gasteiger charge is -2.13. The van der Waals surface area contributed by atoms with Crippen molar-refractivity contribution < 1.29 is 174 Å². The fourth-order valence-electron chi connectivity index (χ4n) is 11.7. The summed E-state index contributed by atoms with van der Waals surface area (Å²) in [5, 5.41) is -1.34. The van der Waals surface area contributed by atoms with Crippen molar-refractivity contribution in [3.05, 3.63) is 286 Å². The molecule has 0 aliphatic rings. The van der Waals surface area contributed by atoms with Crippen molar-refractivity contribution in [2.45, 2.75) is 144 Å². The molecule has 0 bridgehead atoms. The van der Waals surface area contributed by atoms with Crippen LogP contribution in [0, 0.1) is 41.5 Å². The molecule has 12 aromatic heterocycles. The van der Waals surface area contributed by atoms with Gasteiger partial charge in [0.25, 0.3) is 0 Å². The fraction of sp³-hybridized carbons (Fsp3) is 0.250. The number of aromatic nitrogens is 18. The first-order chi connectivity index (χ1) is 83.2. The van der Waals surface area contributed by atoms with E-state index >= 15 is 0 Å². The molecular weight excluding hydrogens is 2130 g/mol. The molecule has 0 fully saturated rings. The minimum atomic E-state index is -4.77. The Labute approximate surface area is 895 Å². The van der Waals surface area contributed by atoms with E-state index in [0.29, 0.717) is 27.6 Å². The second kappa shape index (κ2) is 49.7. The number of pyridine rings is 6. The van der Waals surface area contributed by atoms with Crippen LogP contribution >= 0.6 is 0 Å². The molecule has 0 radical (unpaired) electrons. The molecule has 0 spiro atoms. The molecule has 0 saturated carbocycles. The highest BCUT2D eigenvalue weighted by atomic mass is 32.2. The summed E-state index contributed by atoms with van der Waals surface area (Å²) < 4.78 is 565. The van der Waals surface area contributed by atoms with Gasteiger partial charge in [-0.1, -0.05) is 72.6 Å². The van der Waals surface area contributed by atoms with Gasteiger partial charge < -0.3 is 58.3 Å². The quantitative estimate of drug-likeness (QED) is 0.0228. The van der Waals surface area contributed by atoms with Crippen molar-refractivity contribution >= 4 is 131 Å². The number of para-hydroxylation sites is 12. The van der Waals surface area contributed by atoms with Crippen molar-refractivity contribution in [2.24, 2.45) is 0 Å². The maximum Gasteiger partial charge on any atom is 0.422 e. The number of benzene rings is 6. The Bertz CT molecular complexity index is 9520. The molecule has 6 atom stereocenters. The van der Waals surface area contributed by atoms with Crippen LogP contribution < -0.4 is 28.4 Å². The Morgan fingerprint density at radius 1 is 0.253 bits per heavy atom. The largest absolute Gasteiger partial charge is 0.484 e. The number of hydrogen-bond acceptors (Lipinski definition) is 24. The molecule has 0 saturated heterocycles. The van der Waals surface area contributed by atoms with Gasteiger partial charge in [-0.3, -0.25) is 55.2 Å².